The van der Waals surface area contributed by atoms with Gasteiger partial charge in [-0.15, -0.1) is 0 Å². The second kappa shape index (κ2) is 8.97. The Kier molecular flexibility index (Phi) is 6.38. The van der Waals surface area contributed by atoms with Gasteiger partial charge >= 0.3 is 0 Å². The number of imide groups is 1. The summed E-state index contributed by atoms with van der Waals surface area (Å²) in [5, 5.41) is 13.6. The maximum atomic E-state index is 12.5. The smallest absolute Gasteiger partial charge is 0.293 e. The van der Waals surface area contributed by atoms with E-state index in [0.29, 0.717) is 5.02 Å². The van der Waals surface area contributed by atoms with Gasteiger partial charge in [-0.2, -0.15) is 0 Å². The molecule has 1 fully saturated rings. The summed E-state index contributed by atoms with van der Waals surface area (Å²) in [6, 6.07) is 10.5. The molecule has 0 radical (unpaired) electrons. The van der Waals surface area contributed by atoms with E-state index in [1.165, 1.54) is 12.1 Å². The summed E-state index contributed by atoms with van der Waals surface area (Å²) in [5.74, 6) is -1.04. The fraction of sp³-hybridized carbons (Fsp3) is 0.105. The molecule has 0 spiro atoms. The Bertz CT molecular complexity index is 1070. The van der Waals surface area contributed by atoms with Crippen LogP contribution in [0.1, 0.15) is 15.9 Å². The minimum atomic E-state index is -0.681. The van der Waals surface area contributed by atoms with Crippen molar-refractivity contribution in [3.8, 4) is 0 Å². The minimum absolute atomic E-state index is 0.0106. The molecule has 9 nitrogen and oxygen atoms in total. The summed E-state index contributed by atoms with van der Waals surface area (Å²) in [7, 11) is 0. The van der Waals surface area contributed by atoms with Gasteiger partial charge in [-0.1, -0.05) is 23.7 Å². The van der Waals surface area contributed by atoms with E-state index >= 15 is 0 Å². The molecule has 3 rings (SSSR count). The maximum Gasteiger partial charge on any atom is 0.293 e. The van der Waals surface area contributed by atoms with Gasteiger partial charge < -0.3 is 11.1 Å². The van der Waals surface area contributed by atoms with Crippen molar-refractivity contribution in [1.29, 1.82) is 0 Å². The van der Waals surface area contributed by atoms with Gasteiger partial charge in [-0.3, -0.25) is 29.4 Å². The average Bonchev–Trinajstić information content (AvgIpc) is 2.97. The zero-order valence-corrected chi connectivity index (χ0v) is 16.9. The molecule has 1 saturated heterocycles. The molecule has 154 valence electrons. The van der Waals surface area contributed by atoms with Gasteiger partial charge in [0.15, 0.2) is 0 Å². The lowest BCUT2D eigenvalue weighted by Gasteiger charge is -2.13. The molecule has 0 aliphatic carbocycles. The number of amides is 3. The minimum Gasteiger partial charge on any atom is -0.393 e. The summed E-state index contributed by atoms with van der Waals surface area (Å²) < 4.78 is 0. The molecule has 2 aromatic rings. The van der Waals surface area contributed by atoms with Gasteiger partial charge in [0, 0.05) is 29.7 Å². The molecule has 30 heavy (non-hydrogen) atoms. The summed E-state index contributed by atoms with van der Waals surface area (Å²) in [6.45, 7) is -0.0469. The summed E-state index contributed by atoms with van der Waals surface area (Å²) in [5.41, 5.74) is 5.86. The predicted octanol–water partition coefficient (Wildman–Crippen LogP) is 3.30. The Labute approximate surface area is 180 Å². The Morgan fingerprint density at radius 1 is 1.23 bits per heavy atom. The van der Waals surface area contributed by atoms with Crippen LogP contribution in [0.3, 0.4) is 0 Å². The lowest BCUT2D eigenvalue weighted by atomic mass is 10.1. The van der Waals surface area contributed by atoms with E-state index in [0.717, 1.165) is 28.3 Å². The highest BCUT2D eigenvalue weighted by atomic mass is 35.5. The van der Waals surface area contributed by atoms with E-state index in [4.69, 9.17) is 17.3 Å². The molecular formula is C19H15ClN4O5S. The van der Waals surface area contributed by atoms with Crippen molar-refractivity contribution in [1.82, 2.24) is 10.2 Å². The van der Waals surface area contributed by atoms with Crippen molar-refractivity contribution in [2.45, 2.75) is 0 Å². The monoisotopic (exact) mass is 446 g/mol. The molecule has 3 amide bonds. The van der Waals surface area contributed by atoms with Crippen molar-refractivity contribution >= 4 is 57.9 Å². The van der Waals surface area contributed by atoms with Crippen LogP contribution < -0.4 is 11.1 Å². The molecule has 0 bridgehead atoms. The Morgan fingerprint density at radius 3 is 2.60 bits per heavy atom. The number of benzene rings is 2. The molecule has 1 heterocycles. The van der Waals surface area contributed by atoms with Crippen LogP contribution in [0.2, 0.25) is 5.02 Å². The lowest BCUT2D eigenvalue weighted by molar-refractivity contribution is -0.383. The number of hydrogen-bond acceptors (Lipinski definition) is 7. The van der Waals surface area contributed by atoms with Crippen LogP contribution >= 0.6 is 23.4 Å². The number of nitrogen functional groups attached to an aromatic ring is 1. The molecule has 1 aliphatic rings. The van der Waals surface area contributed by atoms with E-state index in [1.807, 2.05) is 0 Å². The molecule has 0 aromatic heterocycles. The first-order valence-corrected chi connectivity index (χ1v) is 9.79. The van der Waals surface area contributed by atoms with Crippen LogP contribution in [0.25, 0.3) is 6.08 Å². The maximum absolute atomic E-state index is 12.5. The van der Waals surface area contributed by atoms with E-state index in [1.54, 1.807) is 30.3 Å². The third-order valence-electron chi connectivity index (χ3n) is 4.15. The number of carbonyl (C=O) groups excluding carboxylic acids is 3. The number of nitrogens with zero attached hydrogens (tertiary/aromatic N) is 2. The SMILES string of the molecule is Nc1ccc(C(=O)NCCN2C(=O)S/C(=C\c3ccc(Cl)cc3)C2=O)cc1[N+](=O)[O-]. The molecule has 11 heteroatoms. The quantitative estimate of drug-likeness (QED) is 0.300. The number of nitrogens with two attached hydrogens (primary N) is 1. The van der Waals surface area contributed by atoms with Crippen LogP contribution in [-0.2, 0) is 4.79 Å². The van der Waals surface area contributed by atoms with Gasteiger partial charge in [0.2, 0.25) is 0 Å². The number of halogens is 1. The van der Waals surface area contributed by atoms with Gasteiger partial charge in [0.1, 0.15) is 5.69 Å². The fourth-order valence-corrected chi connectivity index (χ4v) is 3.62. The summed E-state index contributed by atoms with van der Waals surface area (Å²) in [4.78, 5) is 48.4. The van der Waals surface area contributed by atoms with Crippen molar-refractivity contribution in [2.75, 3.05) is 18.8 Å². The van der Waals surface area contributed by atoms with E-state index < -0.39 is 22.0 Å². The number of nitro groups is 1. The third-order valence-corrected chi connectivity index (χ3v) is 5.31. The van der Waals surface area contributed by atoms with Crippen molar-refractivity contribution < 1.29 is 19.3 Å². The first-order chi connectivity index (χ1) is 14.3. The number of carbonyl (C=O) groups is 3. The van der Waals surface area contributed by atoms with Crippen molar-refractivity contribution in [3.63, 3.8) is 0 Å². The van der Waals surface area contributed by atoms with Gasteiger partial charge in [-0.25, -0.2) is 0 Å². The molecule has 2 aromatic carbocycles. The van der Waals surface area contributed by atoms with Gasteiger partial charge in [-0.05, 0) is 47.7 Å². The number of rotatable bonds is 6. The number of anilines is 1. The Hall–Kier alpha value is -3.37. The predicted molar refractivity (Wildman–Crippen MR) is 114 cm³/mol. The first-order valence-electron chi connectivity index (χ1n) is 8.59. The van der Waals surface area contributed by atoms with Crippen LogP contribution in [0.5, 0.6) is 0 Å². The van der Waals surface area contributed by atoms with E-state index in [-0.39, 0.29) is 34.9 Å². The number of hydrogen-bond donors (Lipinski definition) is 2. The lowest BCUT2D eigenvalue weighted by Crippen LogP contribution is -2.37. The summed E-state index contributed by atoms with van der Waals surface area (Å²) >= 11 is 6.64. The highest BCUT2D eigenvalue weighted by Gasteiger charge is 2.34. The molecule has 0 atom stereocenters. The molecule has 1 aliphatic heterocycles. The molecule has 3 N–H and O–H groups in total. The first kappa shape index (κ1) is 21.3. The van der Waals surface area contributed by atoms with Crippen LogP contribution in [0, 0.1) is 10.1 Å². The number of nitrogens with one attached hydrogen (secondary N) is 1. The summed E-state index contributed by atoms with van der Waals surface area (Å²) in [6.07, 6.45) is 1.59. The second-order valence-electron chi connectivity index (χ2n) is 6.17. The Morgan fingerprint density at radius 2 is 1.93 bits per heavy atom. The standard InChI is InChI=1S/C19H15ClN4O5S/c20-13-4-1-11(2-5-13)9-16-18(26)23(19(27)30-16)8-7-22-17(25)12-3-6-14(21)15(10-12)24(28)29/h1-6,9-10H,7-8,21H2,(H,22,25)/b16-9-. The number of nitro benzene ring substituents is 1. The highest BCUT2D eigenvalue weighted by molar-refractivity contribution is 8.18. The van der Waals surface area contributed by atoms with Gasteiger partial charge in [0.05, 0.1) is 9.83 Å². The van der Waals surface area contributed by atoms with E-state index in [2.05, 4.69) is 5.32 Å². The van der Waals surface area contributed by atoms with Crippen molar-refractivity contribution in [3.05, 3.63) is 73.6 Å². The van der Waals surface area contributed by atoms with E-state index in [9.17, 15) is 24.5 Å². The third kappa shape index (κ3) is 4.78. The Balaban J connectivity index is 1.61. The molecule has 0 unspecified atom stereocenters. The largest absolute Gasteiger partial charge is 0.393 e. The fourth-order valence-electron chi connectivity index (χ4n) is 2.63. The van der Waals surface area contributed by atoms with Gasteiger partial charge in [0.25, 0.3) is 22.7 Å². The van der Waals surface area contributed by atoms with Crippen LogP contribution in [0.4, 0.5) is 16.2 Å². The second-order valence-corrected chi connectivity index (χ2v) is 7.60. The normalized spacial score (nSPS) is 15.0. The average molecular weight is 447 g/mol. The zero-order chi connectivity index (χ0) is 21.8. The van der Waals surface area contributed by atoms with Crippen LogP contribution in [0.15, 0.2) is 47.4 Å². The van der Waals surface area contributed by atoms with Crippen molar-refractivity contribution in [2.24, 2.45) is 0 Å². The highest BCUT2D eigenvalue weighted by Crippen LogP contribution is 2.32. The molecular weight excluding hydrogens is 432 g/mol. The zero-order valence-electron chi connectivity index (χ0n) is 15.3. The molecule has 0 saturated carbocycles. The number of thioether (sulfide) groups is 1. The topological polar surface area (TPSA) is 136 Å². The van der Waals surface area contributed by atoms with Crippen LogP contribution in [-0.4, -0.2) is 40.0 Å².